The van der Waals surface area contributed by atoms with E-state index in [-0.39, 0.29) is 17.0 Å². The van der Waals surface area contributed by atoms with Crippen molar-refractivity contribution in [3.63, 3.8) is 0 Å². The molecule has 0 aliphatic heterocycles. The van der Waals surface area contributed by atoms with Crippen LogP contribution in [0.4, 0.5) is 0 Å². The van der Waals surface area contributed by atoms with E-state index in [9.17, 15) is 9.90 Å². The summed E-state index contributed by atoms with van der Waals surface area (Å²) < 4.78 is 0. The van der Waals surface area contributed by atoms with Gasteiger partial charge in [0.1, 0.15) is 17.5 Å². The van der Waals surface area contributed by atoms with Crippen molar-refractivity contribution in [2.24, 2.45) is 0 Å². The number of fused-ring (bicyclic) bond motifs is 1. The second-order valence-electron chi connectivity index (χ2n) is 2.90. The fourth-order valence-corrected chi connectivity index (χ4v) is 1.32. The predicted molar refractivity (Wildman–Crippen MR) is 50.9 cm³/mol. The SMILES string of the molecule is N#Cc1cc2cc(O)ccc2c(=O)[nH]1. The number of phenolic OH excluding ortho intramolecular Hbond substituents is 1. The lowest BCUT2D eigenvalue weighted by molar-refractivity contribution is 0.476. The van der Waals surface area contributed by atoms with Crippen LogP contribution in [0.3, 0.4) is 0 Å². The number of hydrogen-bond donors (Lipinski definition) is 2. The minimum Gasteiger partial charge on any atom is -0.508 e. The Labute approximate surface area is 79.0 Å². The van der Waals surface area contributed by atoms with Crippen LogP contribution in [0.25, 0.3) is 10.8 Å². The quantitative estimate of drug-likeness (QED) is 0.646. The summed E-state index contributed by atoms with van der Waals surface area (Å²) >= 11 is 0. The van der Waals surface area contributed by atoms with E-state index in [0.29, 0.717) is 10.8 Å². The van der Waals surface area contributed by atoms with Gasteiger partial charge in [0.05, 0.1) is 0 Å². The third kappa shape index (κ3) is 1.21. The Morgan fingerprint density at radius 2 is 2.14 bits per heavy atom. The predicted octanol–water partition coefficient (Wildman–Crippen LogP) is 1.11. The van der Waals surface area contributed by atoms with Gasteiger partial charge in [-0.3, -0.25) is 4.79 Å². The van der Waals surface area contributed by atoms with Gasteiger partial charge in [0.15, 0.2) is 0 Å². The van der Waals surface area contributed by atoms with E-state index in [4.69, 9.17) is 5.26 Å². The molecule has 0 aliphatic rings. The number of benzene rings is 1. The number of aromatic nitrogens is 1. The average molecular weight is 186 g/mol. The van der Waals surface area contributed by atoms with E-state index >= 15 is 0 Å². The van der Waals surface area contributed by atoms with Gasteiger partial charge in [-0.2, -0.15) is 5.26 Å². The molecule has 0 atom stereocenters. The lowest BCUT2D eigenvalue weighted by atomic mass is 10.1. The van der Waals surface area contributed by atoms with Crippen molar-refractivity contribution in [1.82, 2.24) is 4.98 Å². The molecule has 0 saturated heterocycles. The van der Waals surface area contributed by atoms with Crippen molar-refractivity contribution in [1.29, 1.82) is 5.26 Å². The van der Waals surface area contributed by atoms with Crippen LogP contribution in [-0.4, -0.2) is 10.1 Å². The Morgan fingerprint density at radius 1 is 1.36 bits per heavy atom. The molecule has 1 aromatic carbocycles. The van der Waals surface area contributed by atoms with Gasteiger partial charge in [-0.05, 0) is 29.7 Å². The van der Waals surface area contributed by atoms with Crippen molar-refractivity contribution < 1.29 is 5.11 Å². The number of aromatic hydroxyl groups is 1. The van der Waals surface area contributed by atoms with Crippen molar-refractivity contribution >= 4 is 10.8 Å². The summed E-state index contributed by atoms with van der Waals surface area (Å²) in [6.45, 7) is 0. The number of nitrogens with zero attached hydrogens (tertiary/aromatic N) is 1. The Kier molecular flexibility index (Phi) is 1.72. The number of H-pyrrole nitrogens is 1. The molecule has 1 aromatic heterocycles. The van der Waals surface area contributed by atoms with Crippen LogP contribution >= 0.6 is 0 Å². The number of pyridine rings is 1. The summed E-state index contributed by atoms with van der Waals surface area (Å²) in [6, 6.07) is 7.77. The van der Waals surface area contributed by atoms with E-state index in [2.05, 4.69) is 4.98 Å². The summed E-state index contributed by atoms with van der Waals surface area (Å²) in [5, 5.41) is 18.8. The normalized spacial score (nSPS) is 9.93. The van der Waals surface area contributed by atoms with E-state index in [1.165, 1.54) is 24.3 Å². The van der Waals surface area contributed by atoms with E-state index in [1.54, 1.807) is 0 Å². The number of nitriles is 1. The molecule has 0 fully saturated rings. The largest absolute Gasteiger partial charge is 0.508 e. The van der Waals surface area contributed by atoms with Crippen molar-refractivity contribution in [3.8, 4) is 11.8 Å². The molecule has 4 heteroatoms. The lowest BCUT2D eigenvalue weighted by Gasteiger charge is -1.97. The summed E-state index contributed by atoms with van der Waals surface area (Å²) in [5.74, 6) is 0.0759. The van der Waals surface area contributed by atoms with Gasteiger partial charge >= 0.3 is 0 Å². The molecular formula is C10H6N2O2. The summed E-state index contributed by atoms with van der Waals surface area (Å²) in [6.07, 6.45) is 0. The van der Waals surface area contributed by atoms with Crippen molar-refractivity contribution in [2.75, 3.05) is 0 Å². The highest BCUT2D eigenvalue weighted by atomic mass is 16.3. The number of hydrogen-bond acceptors (Lipinski definition) is 3. The number of aromatic amines is 1. The first-order chi connectivity index (χ1) is 6.70. The molecule has 0 aliphatic carbocycles. The topological polar surface area (TPSA) is 76.9 Å². The maximum absolute atomic E-state index is 11.4. The molecule has 68 valence electrons. The zero-order chi connectivity index (χ0) is 10.1. The minimum atomic E-state index is -0.320. The smallest absolute Gasteiger partial charge is 0.256 e. The lowest BCUT2D eigenvalue weighted by Crippen LogP contribution is -2.07. The summed E-state index contributed by atoms with van der Waals surface area (Å²) in [5.41, 5.74) is -0.132. The summed E-state index contributed by atoms with van der Waals surface area (Å²) in [4.78, 5) is 13.8. The summed E-state index contributed by atoms with van der Waals surface area (Å²) in [7, 11) is 0. The first-order valence-electron chi connectivity index (χ1n) is 3.97. The third-order valence-electron chi connectivity index (χ3n) is 1.95. The molecule has 2 aromatic rings. The molecule has 0 spiro atoms. The van der Waals surface area contributed by atoms with Crippen LogP contribution in [0, 0.1) is 11.3 Å². The number of rotatable bonds is 0. The molecule has 0 unspecified atom stereocenters. The fourth-order valence-electron chi connectivity index (χ4n) is 1.32. The van der Waals surface area contributed by atoms with Crippen LogP contribution < -0.4 is 5.56 Å². The molecule has 14 heavy (non-hydrogen) atoms. The fraction of sp³-hybridized carbons (Fsp3) is 0. The minimum absolute atomic E-state index is 0.0759. The van der Waals surface area contributed by atoms with E-state index < -0.39 is 0 Å². The van der Waals surface area contributed by atoms with E-state index in [1.807, 2.05) is 6.07 Å². The first-order valence-corrected chi connectivity index (χ1v) is 3.97. The molecule has 2 rings (SSSR count). The Hall–Kier alpha value is -2.28. The van der Waals surface area contributed by atoms with Crippen LogP contribution in [-0.2, 0) is 0 Å². The monoisotopic (exact) mass is 186 g/mol. The van der Waals surface area contributed by atoms with Gasteiger partial charge in [-0.1, -0.05) is 0 Å². The van der Waals surface area contributed by atoms with Crippen LogP contribution in [0.15, 0.2) is 29.1 Å². The van der Waals surface area contributed by atoms with Crippen LogP contribution in [0.2, 0.25) is 0 Å². The highest BCUT2D eigenvalue weighted by Gasteiger charge is 2.01. The maximum Gasteiger partial charge on any atom is 0.256 e. The molecule has 2 N–H and O–H groups in total. The molecule has 0 radical (unpaired) electrons. The van der Waals surface area contributed by atoms with Gasteiger partial charge in [-0.15, -0.1) is 0 Å². The van der Waals surface area contributed by atoms with Gasteiger partial charge in [0, 0.05) is 5.39 Å². The standard InChI is InChI=1S/C10H6N2O2/c11-5-7-3-6-4-8(13)1-2-9(6)10(14)12-7/h1-4,13H,(H,12,14). The second-order valence-corrected chi connectivity index (χ2v) is 2.90. The molecule has 0 amide bonds. The van der Waals surface area contributed by atoms with Crippen molar-refractivity contribution in [2.45, 2.75) is 0 Å². The zero-order valence-corrected chi connectivity index (χ0v) is 7.11. The number of phenols is 1. The molecule has 4 nitrogen and oxygen atoms in total. The highest BCUT2D eigenvalue weighted by Crippen LogP contribution is 2.16. The molecular weight excluding hydrogens is 180 g/mol. The zero-order valence-electron chi connectivity index (χ0n) is 7.11. The van der Waals surface area contributed by atoms with Crippen molar-refractivity contribution in [3.05, 3.63) is 40.3 Å². The highest BCUT2D eigenvalue weighted by molar-refractivity contribution is 5.83. The first kappa shape index (κ1) is 8.32. The Morgan fingerprint density at radius 3 is 2.86 bits per heavy atom. The van der Waals surface area contributed by atoms with E-state index in [0.717, 1.165) is 0 Å². The average Bonchev–Trinajstić information content (AvgIpc) is 2.16. The van der Waals surface area contributed by atoms with Gasteiger partial charge in [0.25, 0.3) is 5.56 Å². The maximum atomic E-state index is 11.4. The van der Waals surface area contributed by atoms with Gasteiger partial charge < -0.3 is 10.1 Å². The Bertz CT molecular complexity index is 593. The molecule has 0 bridgehead atoms. The van der Waals surface area contributed by atoms with Gasteiger partial charge in [0.2, 0.25) is 0 Å². The number of nitrogens with one attached hydrogen (secondary N) is 1. The third-order valence-corrected chi connectivity index (χ3v) is 1.95. The molecule has 1 heterocycles. The molecule has 0 saturated carbocycles. The van der Waals surface area contributed by atoms with Crippen LogP contribution in [0.1, 0.15) is 5.69 Å². The van der Waals surface area contributed by atoms with Crippen LogP contribution in [0.5, 0.6) is 5.75 Å². The second kappa shape index (κ2) is 2.89. The van der Waals surface area contributed by atoms with Gasteiger partial charge in [-0.25, -0.2) is 0 Å². The Balaban J connectivity index is 2.92.